The maximum absolute atomic E-state index is 10.5. The van der Waals surface area contributed by atoms with Crippen molar-refractivity contribution in [3.8, 4) is 11.4 Å². The zero-order valence-electron chi connectivity index (χ0n) is 11.0. The molecular formula is C14H12N5O2+. The lowest BCUT2D eigenvalue weighted by Gasteiger charge is -1.99. The van der Waals surface area contributed by atoms with Crippen LogP contribution < -0.4 is 4.68 Å². The van der Waals surface area contributed by atoms with Crippen molar-refractivity contribution in [2.75, 3.05) is 0 Å². The van der Waals surface area contributed by atoms with E-state index in [1.165, 1.54) is 0 Å². The van der Waals surface area contributed by atoms with Crippen LogP contribution in [0.2, 0.25) is 0 Å². The average molecular weight is 282 g/mol. The van der Waals surface area contributed by atoms with E-state index >= 15 is 0 Å². The lowest BCUT2D eigenvalue weighted by molar-refractivity contribution is -0.752. The normalized spacial score (nSPS) is 10.7. The summed E-state index contributed by atoms with van der Waals surface area (Å²) in [4.78, 5) is 14.9. The number of aryl methyl sites for hydroxylation is 1. The highest BCUT2D eigenvalue weighted by atomic mass is 16.4. The minimum absolute atomic E-state index is 0.0328. The molecule has 0 atom stereocenters. The van der Waals surface area contributed by atoms with E-state index in [1.807, 2.05) is 24.3 Å². The van der Waals surface area contributed by atoms with E-state index in [2.05, 4.69) is 20.3 Å². The van der Waals surface area contributed by atoms with Crippen LogP contribution in [0.25, 0.3) is 22.4 Å². The van der Waals surface area contributed by atoms with Crippen LogP contribution in [0.15, 0.2) is 42.7 Å². The topological polar surface area (TPSA) is 92.7 Å². The van der Waals surface area contributed by atoms with Gasteiger partial charge in [-0.2, -0.15) is 0 Å². The number of hydrogen-bond donors (Lipinski definition) is 1. The molecule has 7 heteroatoms. The number of aromatic nitrogens is 5. The first kappa shape index (κ1) is 13.0. The van der Waals surface area contributed by atoms with Gasteiger partial charge in [-0.05, 0) is 17.2 Å². The number of nitrogens with zero attached hydrogens (tertiary/aromatic N) is 5. The van der Waals surface area contributed by atoms with Gasteiger partial charge in [-0.25, -0.2) is 4.98 Å². The van der Waals surface area contributed by atoms with Crippen molar-refractivity contribution in [1.29, 1.82) is 0 Å². The Hall–Kier alpha value is -2.96. The third kappa shape index (κ3) is 2.97. The summed E-state index contributed by atoms with van der Waals surface area (Å²) in [7, 11) is 0. The second kappa shape index (κ2) is 5.58. The Kier molecular flexibility index (Phi) is 3.46. The first-order chi connectivity index (χ1) is 10.2. The van der Waals surface area contributed by atoms with E-state index in [4.69, 9.17) is 5.11 Å². The summed E-state index contributed by atoms with van der Waals surface area (Å²) in [6.07, 6.45) is 3.34. The lowest BCUT2D eigenvalue weighted by atomic mass is 10.2. The van der Waals surface area contributed by atoms with Gasteiger partial charge in [-0.3, -0.25) is 4.79 Å². The Labute approximate surface area is 119 Å². The Morgan fingerprint density at radius 2 is 1.95 bits per heavy atom. The quantitative estimate of drug-likeness (QED) is 0.713. The van der Waals surface area contributed by atoms with Crippen LogP contribution in [0.5, 0.6) is 0 Å². The van der Waals surface area contributed by atoms with Gasteiger partial charge in [0.2, 0.25) is 0 Å². The van der Waals surface area contributed by atoms with Crippen LogP contribution in [-0.4, -0.2) is 31.4 Å². The lowest BCUT2D eigenvalue weighted by Crippen LogP contribution is -2.38. The zero-order chi connectivity index (χ0) is 14.7. The highest BCUT2D eigenvalue weighted by molar-refractivity contribution is 5.75. The second-order valence-corrected chi connectivity index (χ2v) is 4.45. The van der Waals surface area contributed by atoms with Gasteiger partial charge in [-0.1, -0.05) is 16.8 Å². The highest BCUT2D eigenvalue weighted by Crippen LogP contribution is 2.14. The fourth-order valence-corrected chi connectivity index (χ4v) is 1.86. The number of rotatable bonds is 4. The van der Waals surface area contributed by atoms with Gasteiger partial charge >= 0.3 is 5.97 Å². The van der Waals surface area contributed by atoms with Crippen molar-refractivity contribution in [1.82, 2.24) is 20.3 Å². The maximum atomic E-state index is 10.5. The highest BCUT2D eigenvalue weighted by Gasteiger charge is 2.10. The molecule has 0 spiro atoms. The summed E-state index contributed by atoms with van der Waals surface area (Å²) in [6.45, 7) is 0.326. The molecule has 3 aromatic rings. The summed E-state index contributed by atoms with van der Waals surface area (Å²) in [5.41, 5.74) is 2.24. The predicted octanol–water partition coefficient (Wildman–Crippen LogP) is 0.849. The molecular weight excluding hydrogens is 270 g/mol. The van der Waals surface area contributed by atoms with Crippen LogP contribution in [-0.2, 0) is 11.3 Å². The van der Waals surface area contributed by atoms with Crippen molar-refractivity contribution in [2.24, 2.45) is 0 Å². The first-order valence-corrected chi connectivity index (χ1v) is 6.40. The molecule has 21 heavy (non-hydrogen) atoms. The molecule has 2 aromatic heterocycles. The summed E-state index contributed by atoms with van der Waals surface area (Å²) >= 11 is 0. The molecule has 0 amide bonds. The predicted molar refractivity (Wildman–Crippen MR) is 73.0 cm³/mol. The molecule has 1 aromatic carbocycles. The molecule has 104 valence electrons. The van der Waals surface area contributed by atoms with Crippen LogP contribution >= 0.6 is 0 Å². The standard InChI is InChI=1S/C14H11N5O2/c20-13(21)6-8-19-7-5-10(9-15-19)14-16-11-3-1-2-4-12(11)17-18-14/h1-5,7,9H,6,8H2/p+1. The zero-order valence-corrected chi connectivity index (χ0v) is 11.0. The summed E-state index contributed by atoms with van der Waals surface area (Å²) in [5.74, 6) is -0.359. The third-order valence-electron chi connectivity index (χ3n) is 2.94. The molecule has 0 radical (unpaired) electrons. The summed E-state index contributed by atoms with van der Waals surface area (Å²) in [6, 6.07) is 9.29. The van der Waals surface area contributed by atoms with Crippen molar-refractivity contribution < 1.29 is 14.6 Å². The van der Waals surface area contributed by atoms with E-state index in [9.17, 15) is 4.79 Å². The molecule has 0 bridgehead atoms. The van der Waals surface area contributed by atoms with Gasteiger partial charge in [0, 0.05) is 6.07 Å². The molecule has 0 aliphatic rings. The minimum atomic E-state index is -0.851. The molecule has 0 fully saturated rings. The molecule has 1 N–H and O–H groups in total. The molecule has 0 saturated heterocycles. The molecule has 0 aliphatic carbocycles. The van der Waals surface area contributed by atoms with Crippen LogP contribution in [0, 0.1) is 0 Å². The molecule has 0 aliphatic heterocycles. The van der Waals surface area contributed by atoms with E-state index in [1.54, 1.807) is 23.1 Å². The molecule has 2 heterocycles. The maximum Gasteiger partial charge on any atom is 0.309 e. The number of benzene rings is 1. The fourth-order valence-electron chi connectivity index (χ4n) is 1.86. The van der Waals surface area contributed by atoms with E-state index < -0.39 is 5.97 Å². The Balaban J connectivity index is 1.86. The number of carbonyl (C=O) groups is 1. The molecule has 0 saturated carbocycles. The van der Waals surface area contributed by atoms with Crippen molar-refractivity contribution >= 4 is 17.0 Å². The number of aliphatic carboxylic acids is 1. The number of para-hydroxylation sites is 1. The van der Waals surface area contributed by atoms with Crippen molar-refractivity contribution in [3.63, 3.8) is 0 Å². The van der Waals surface area contributed by atoms with Gasteiger partial charge in [0.15, 0.2) is 18.6 Å². The minimum Gasteiger partial charge on any atom is -0.481 e. The third-order valence-corrected chi connectivity index (χ3v) is 2.94. The van der Waals surface area contributed by atoms with Crippen LogP contribution in [0.3, 0.4) is 0 Å². The van der Waals surface area contributed by atoms with Crippen LogP contribution in [0.1, 0.15) is 6.42 Å². The van der Waals surface area contributed by atoms with E-state index in [-0.39, 0.29) is 6.42 Å². The molecule has 7 nitrogen and oxygen atoms in total. The van der Waals surface area contributed by atoms with Gasteiger partial charge in [0.05, 0.1) is 11.1 Å². The summed E-state index contributed by atoms with van der Waals surface area (Å²) in [5, 5.41) is 21.0. The van der Waals surface area contributed by atoms with E-state index in [0.29, 0.717) is 12.4 Å². The van der Waals surface area contributed by atoms with Gasteiger partial charge < -0.3 is 5.11 Å². The SMILES string of the molecule is O=C(O)CC[n+]1ccc(-c2nnc3ccccc3n2)cn1. The number of carboxylic acid groups (broad SMARTS) is 1. The largest absolute Gasteiger partial charge is 0.481 e. The molecule has 0 unspecified atom stereocenters. The van der Waals surface area contributed by atoms with Crippen LogP contribution in [0.4, 0.5) is 0 Å². The van der Waals surface area contributed by atoms with Gasteiger partial charge in [-0.15, -0.1) is 10.2 Å². The Morgan fingerprint density at radius 3 is 2.67 bits per heavy atom. The second-order valence-electron chi connectivity index (χ2n) is 4.45. The number of carboxylic acids is 1. The smallest absolute Gasteiger partial charge is 0.309 e. The van der Waals surface area contributed by atoms with Crippen molar-refractivity contribution in [2.45, 2.75) is 13.0 Å². The monoisotopic (exact) mass is 282 g/mol. The molecule has 3 rings (SSSR count). The average Bonchev–Trinajstić information content (AvgIpc) is 2.53. The van der Waals surface area contributed by atoms with E-state index in [0.717, 1.165) is 16.6 Å². The Bertz CT molecular complexity index is 789. The summed E-state index contributed by atoms with van der Waals surface area (Å²) < 4.78 is 1.56. The fraction of sp³-hybridized carbons (Fsp3) is 0.143. The van der Waals surface area contributed by atoms with Gasteiger partial charge in [0.25, 0.3) is 0 Å². The first-order valence-electron chi connectivity index (χ1n) is 6.40. The number of hydrogen-bond acceptors (Lipinski definition) is 5. The van der Waals surface area contributed by atoms with Crippen molar-refractivity contribution in [3.05, 3.63) is 42.7 Å². The Morgan fingerprint density at radius 1 is 1.14 bits per heavy atom. The number of fused-ring (bicyclic) bond motifs is 1. The van der Waals surface area contributed by atoms with Gasteiger partial charge in [0.1, 0.15) is 18.1 Å².